The lowest BCUT2D eigenvalue weighted by atomic mass is 10.1. The topological polar surface area (TPSA) is 24.9 Å². The second-order valence-electron chi connectivity index (χ2n) is 4.46. The van der Waals surface area contributed by atoms with Crippen molar-refractivity contribution in [1.29, 1.82) is 0 Å². The Kier molecular flexibility index (Phi) is 3.82. The van der Waals surface area contributed by atoms with E-state index >= 15 is 0 Å². The lowest BCUT2D eigenvalue weighted by Crippen LogP contribution is -2.02. The van der Waals surface area contributed by atoms with Crippen LogP contribution in [0.2, 0.25) is 0 Å². The number of fused-ring (bicyclic) bond motifs is 1. The number of benzene rings is 2. The predicted molar refractivity (Wildman–Crippen MR) is 88.2 cm³/mol. The van der Waals surface area contributed by atoms with Crippen LogP contribution in [0.3, 0.4) is 0 Å². The van der Waals surface area contributed by atoms with E-state index in [1.165, 1.54) is 17.7 Å². The van der Waals surface area contributed by atoms with Crippen LogP contribution in [0.1, 0.15) is 5.56 Å². The van der Waals surface area contributed by atoms with Gasteiger partial charge in [-0.1, -0.05) is 18.2 Å². The molecular formula is C16H12FIN2. The summed E-state index contributed by atoms with van der Waals surface area (Å²) in [5.41, 5.74) is 3.10. The number of pyridine rings is 1. The molecule has 0 amide bonds. The van der Waals surface area contributed by atoms with E-state index in [0.717, 1.165) is 20.2 Å². The van der Waals surface area contributed by atoms with E-state index in [2.05, 4.69) is 39.0 Å². The Morgan fingerprint density at radius 2 is 1.95 bits per heavy atom. The van der Waals surface area contributed by atoms with Crippen molar-refractivity contribution in [2.24, 2.45) is 0 Å². The average Bonchev–Trinajstić information content (AvgIpc) is 2.46. The fourth-order valence-corrected chi connectivity index (χ4v) is 2.80. The summed E-state index contributed by atoms with van der Waals surface area (Å²) in [5.74, 6) is -0.214. The molecule has 0 spiro atoms. The van der Waals surface area contributed by atoms with Crippen LogP contribution in [0, 0.1) is 9.39 Å². The zero-order valence-corrected chi connectivity index (χ0v) is 12.8. The van der Waals surface area contributed by atoms with Crippen molar-refractivity contribution in [3.05, 3.63) is 69.7 Å². The Balaban J connectivity index is 1.87. The zero-order chi connectivity index (χ0) is 13.9. The molecule has 0 saturated heterocycles. The van der Waals surface area contributed by atoms with Gasteiger partial charge < -0.3 is 5.32 Å². The fraction of sp³-hybridized carbons (Fsp3) is 0.0625. The third-order valence-corrected chi connectivity index (χ3v) is 4.03. The van der Waals surface area contributed by atoms with Gasteiger partial charge in [0, 0.05) is 27.4 Å². The molecule has 20 heavy (non-hydrogen) atoms. The molecule has 0 fully saturated rings. The molecule has 3 rings (SSSR count). The molecule has 0 bridgehead atoms. The SMILES string of the molecule is Fc1ccc(NCc2ccnc3ccccc23)c(I)c1. The first-order valence-corrected chi connectivity index (χ1v) is 7.33. The molecule has 0 aliphatic rings. The van der Waals surface area contributed by atoms with Crippen LogP contribution < -0.4 is 5.32 Å². The molecule has 4 heteroatoms. The van der Waals surface area contributed by atoms with E-state index in [-0.39, 0.29) is 5.82 Å². The second kappa shape index (κ2) is 5.75. The molecule has 0 saturated carbocycles. The van der Waals surface area contributed by atoms with Crippen molar-refractivity contribution < 1.29 is 4.39 Å². The highest BCUT2D eigenvalue weighted by Gasteiger charge is 2.04. The van der Waals surface area contributed by atoms with Crippen LogP contribution in [-0.2, 0) is 6.54 Å². The highest BCUT2D eigenvalue weighted by Crippen LogP contribution is 2.21. The number of hydrogen-bond acceptors (Lipinski definition) is 2. The number of nitrogens with one attached hydrogen (secondary N) is 1. The standard InChI is InChI=1S/C16H12FIN2/c17-12-5-6-16(14(18)9-12)20-10-11-7-8-19-15-4-2-1-3-13(11)15/h1-9,20H,10H2. The summed E-state index contributed by atoms with van der Waals surface area (Å²) in [4.78, 5) is 4.35. The zero-order valence-electron chi connectivity index (χ0n) is 10.6. The highest BCUT2D eigenvalue weighted by atomic mass is 127. The first-order valence-electron chi connectivity index (χ1n) is 6.25. The number of hydrogen-bond donors (Lipinski definition) is 1. The van der Waals surface area contributed by atoms with Crippen molar-refractivity contribution in [3.63, 3.8) is 0 Å². The molecule has 2 aromatic carbocycles. The van der Waals surface area contributed by atoms with Gasteiger partial charge in [0.25, 0.3) is 0 Å². The van der Waals surface area contributed by atoms with Gasteiger partial charge in [-0.2, -0.15) is 0 Å². The number of anilines is 1. The van der Waals surface area contributed by atoms with Gasteiger partial charge >= 0.3 is 0 Å². The monoisotopic (exact) mass is 378 g/mol. The van der Waals surface area contributed by atoms with E-state index in [4.69, 9.17) is 0 Å². The summed E-state index contributed by atoms with van der Waals surface area (Å²) >= 11 is 2.13. The summed E-state index contributed by atoms with van der Waals surface area (Å²) in [5, 5.41) is 4.49. The number of nitrogens with zero attached hydrogens (tertiary/aromatic N) is 1. The van der Waals surface area contributed by atoms with Crippen LogP contribution in [0.4, 0.5) is 10.1 Å². The van der Waals surface area contributed by atoms with Gasteiger partial charge in [0.15, 0.2) is 0 Å². The molecule has 1 heterocycles. The Morgan fingerprint density at radius 3 is 2.80 bits per heavy atom. The van der Waals surface area contributed by atoms with E-state index in [1.54, 1.807) is 6.07 Å². The lowest BCUT2D eigenvalue weighted by Gasteiger charge is -2.10. The van der Waals surface area contributed by atoms with Crippen LogP contribution in [0.25, 0.3) is 10.9 Å². The number of aromatic nitrogens is 1. The summed E-state index contributed by atoms with van der Waals surface area (Å²) in [6.45, 7) is 0.685. The van der Waals surface area contributed by atoms with Crippen molar-refractivity contribution in [1.82, 2.24) is 4.98 Å². The lowest BCUT2D eigenvalue weighted by molar-refractivity contribution is 0.627. The largest absolute Gasteiger partial charge is 0.380 e. The third kappa shape index (κ3) is 2.75. The quantitative estimate of drug-likeness (QED) is 0.675. The van der Waals surface area contributed by atoms with Crippen molar-refractivity contribution in [2.75, 3.05) is 5.32 Å². The molecular weight excluding hydrogens is 366 g/mol. The van der Waals surface area contributed by atoms with Gasteiger partial charge in [-0.25, -0.2) is 4.39 Å². The minimum absolute atomic E-state index is 0.214. The molecule has 0 aliphatic heterocycles. The van der Waals surface area contributed by atoms with E-state index in [1.807, 2.05) is 30.5 Å². The maximum absolute atomic E-state index is 13.1. The van der Waals surface area contributed by atoms with E-state index in [9.17, 15) is 4.39 Å². The van der Waals surface area contributed by atoms with Crippen molar-refractivity contribution in [3.8, 4) is 0 Å². The maximum Gasteiger partial charge on any atom is 0.124 e. The van der Waals surface area contributed by atoms with Gasteiger partial charge in [0.05, 0.1) is 5.52 Å². The van der Waals surface area contributed by atoms with Crippen LogP contribution in [-0.4, -0.2) is 4.98 Å². The first kappa shape index (κ1) is 13.3. The normalized spacial score (nSPS) is 10.7. The second-order valence-corrected chi connectivity index (χ2v) is 5.63. The van der Waals surface area contributed by atoms with Gasteiger partial charge in [0.2, 0.25) is 0 Å². The van der Waals surface area contributed by atoms with Crippen LogP contribution in [0.15, 0.2) is 54.7 Å². The van der Waals surface area contributed by atoms with Gasteiger partial charge in [-0.05, 0) is 58.5 Å². The molecule has 0 atom stereocenters. The molecule has 100 valence electrons. The molecule has 3 aromatic rings. The summed E-state index contributed by atoms with van der Waals surface area (Å²) in [6.07, 6.45) is 1.81. The number of halogens is 2. The van der Waals surface area contributed by atoms with Gasteiger partial charge in [-0.3, -0.25) is 4.98 Å². The number of para-hydroxylation sites is 1. The number of rotatable bonds is 3. The van der Waals surface area contributed by atoms with Crippen molar-refractivity contribution in [2.45, 2.75) is 6.54 Å². The summed E-state index contributed by atoms with van der Waals surface area (Å²) in [7, 11) is 0. The Labute approximate surface area is 130 Å². The molecule has 0 radical (unpaired) electrons. The maximum atomic E-state index is 13.1. The molecule has 2 nitrogen and oxygen atoms in total. The van der Waals surface area contributed by atoms with E-state index in [0.29, 0.717) is 6.54 Å². The molecule has 1 aromatic heterocycles. The van der Waals surface area contributed by atoms with Crippen molar-refractivity contribution >= 4 is 39.2 Å². The molecule has 1 N–H and O–H groups in total. The first-order chi connectivity index (χ1) is 9.74. The minimum atomic E-state index is -0.214. The Bertz CT molecular complexity index is 753. The highest BCUT2D eigenvalue weighted by molar-refractivity contribution is 14.1. The Morgan fingerprint density at radius 1 is 1.10 bits per heavy atom. The Hall–Kier alpha value is -1.69. The molecule has 0 unspecified atom stereocenters. The summed E-state index contributed by atoms with van der Waals surface area (Å²) < 4.78 is 14.0. The minimum Gasteiger partial charge on any atom is -0.380 e. The third-order valence-electron chi connectivity index (χ3n) is 3.14. The van der Waals surface area contributed by atoms with E-state index < -0.39 is 0 Å². The molecule has 0 aliphatic carbocycles. The predicted octanol–water partition coefficient (Wildman–Crippen LogP) is 4.59. The average molecular weight is 378 g/mol. The fourth-order valence-electron chi connectivity index (χ4n) is 2.13. The van der Waals surface area contributed by atoms with Crippen LogP contribution in [0.5, 0.6) is 0 Å². The smallest absolute Gasteiger partial charge is 0.124 e. The van der Waals surface area contributed by atoms with Crippen LogP contribution >= 0.6 is 22.6 Å². The summed E-state index contributed by atoms with van der Waals surface area (Å²) in [6, 6.07) is 14.8. The van der Waals surface area contributed by atoms with Gasteiger partial charge in [0.1, 0.15) is 5.82 Å². The van der Waals surface area contributed by atoms with Gasteiger partial charge in [-0.15, -0.1) is 0 Å².